The van der Waals surface area contributed by atoms with Crippen LogP contribution < -0.4 is 5.32 Å². The number of aliphatic carboxylic acids is 1. The molecule has 176 valence electrons. The van der Waals surface area contributed by atoms with Crippen LogP contribution in [0.15, 0.2) is 4.99 Å². The Kier molecular flexibility index (Phi) is 8.76. The van der Waals surface area contributed by atoms with Gasteiger partial charge in [-0.3, -0.25) is 19.9 Å². The van der Waals surface area contributed by atoms with Crippen LogP contribution in [0.1, 0.15) is 60.3 Å². The van der Waals surface area contributed by atoms with E-state index in [0.717, 1.165) is 25.9 Å². The smallest absolute Gasteiger partial charge is 0.331 e. The highest BCUT2D eigenvalue weighted by Gasteiger charge is 2.49. The van der Waals surface area contributed by atoms with Crippen molar-refractivity contribution in [2.45, 2.75) is 82.5 Å². The van der Waals surface area contributed by atoms with Gasteiger partial charge in [0.1, 0.15) is 6.04 Å². The van der Waals surface area contributed by atoms with Crippen LogP contribution in [0.5, 0.6) is 0 Å². The number of carbonyl (C=O) groups excluding carboxylic acids is 2. The van der Waals surface area contributed by atoms with Crippen LogP contribution in [0.25, 0.3) is 0 Å². The van der Waals surface area contributed by atoms with E-state index in [1.54, 1.807) is 27.1 Å². The summed E-state index contributed by atoms with van der Waals surface area (Å²) in [4.78, 5) is 42.7. The zero-order chi connectivity index (χ0) is 23.2. The summed E-state index contributed by atoms with van der Waals surface area (Å²) in [5, 5.41) is 12.2. The third-order valence-electron chi connectivity index (χ3n) is 5.27. The minimum atomic E-state index is -1.06. The minimum absolute atomic E-state index is 0.472. The average molecular weight is 458 g/mol. The number of aliphatic imine (C=N–C) groups is 1. The Bertz CT molecular complexity index is 683. The molecule has 10 heteroatoms. The molecule has 0 spiro atoms. The second-order valence-corrected chi connectivity index (χ2v) is 11.3. The Balaban J connectivity index is 1.98. The number of nitrogens with one attached hydrogen (secondary N) is 1. The van der Waals surface area contributed by atoms with Gasteiger partial charge in [-0.1, -0.05) is 12.8 Å². The fourth-order valence-corrected chi connectivity index (χ4v) is 4.87. The van der Waals surface area contributed by atoms with Crippen molar-refractivity contribution >= 4 is 36.0 Å². The van der Waals surface area contributed by atoms with Crippen LogP contribution in [-0.4, -0.2) is 76.3 Å². The average Bonchev–Trinajstić information content (AvgIpc) is 2.82. The molecule has 0 aromatic heterocycles. The highest BCUT2D eigenvalue weighted by molar-refractivity contribution is 8.01. The summed E-state index contributed by atoms with van der Waals surface area (Å²) < 4.78 is 9.50. The number of carbonyl (C=O) groups is 3. The monoisotopic (exact) mass is 457 g/mol. The zero-order valence-electron chi connectivity index (χ0n) is 19.1. The molecule has 2 heterocycles. The van der Waals surface area contributed by atoms with Crippen molar-refractivity contribution < 1.29 is 29.0 Å². The van der Waals surface area contributed by atoms with Gasteiger partial charge in [-0.2, -0.15) is 0 Å². The van der Waals surface area contributed by atoms with Gasteiger partial charge in [-0.15, -0.1) is 11.8 Å². The van der Waals surface area contributed by atoms with E-state index in [9.17, 15) is 19.5 Å². The van der Waals surface area contributed by atoms with Crippen LogP contribution in [0.3, 0.4) is 0 Å². The third kappa shape index (κ3) is 7.38. The molecule has 2 N–H and O–H groups in total. The molecule has 9 nitrogen and oxygen atoms in total. The molecule has 0 bridgehead atoms. The summed E-state index contributed by atoms with van der Waals surface area (Å²) in [5.74, 6) is -2.12. The summed E-state index contributed by atoms with van der Waals surface area (Å²) in [7, 11) is 0. The third-order valence-corrected chi connectivity index (χ3v) is 6.76. The Labute approximate surface area is 188 Å². The molecule has 0 amide bonds. The van der Waals surface area contributed by atoms with Crippen LogP contribution in [0.4, 0.5) is 0 Å². The Morgan fingerprint density at radius 3 is 2.35 bits per heavy atom. The van der Waals surface area contributed by atoms with Crippen molar-refractivity contribution in [3.63, 3.8) is 0 Å². The summed E-state index contributed by atoms with van der Waals surface area (Å²) in [6.45, 7) is 10.1. The topological polar surface area (TPSA) is 118 Å². The number of thioether (sulfide) groups is 1. The summed E-state index contributed by atoms with van der Waals surface area (Å²) in [5.41, 5.74) is -0.696. The van der Waals surface area contributed by atoms with Crippen molar-refractivity contribution in [2.75, 3.05) is 19.9 Å². The van der Waals surface area contributed by atoms with E-state index in [-0.39, 0.29) is 0 Å². The first kappa shape index (κ1) is 25.5. The molecule has 0 radical (unpaired) electrons. The number of ether oxygens (including phenoxy) is 2. The molecule has 0 unspecified atom stereocenters. The van der Waals surface area contributed by atoms with E-state index < -0.39 is 52.3 Å². The van der Waals surface area contributed by atoms with Crippen LogP contribution in [-0.2, 0) is 23.9 Å². The number of hydrogen-bond donors (Lipinski definition) is 2. The summed E-state index contributed by atoms with van der Waals surface area (Å²) in [6.07, 6.45) is 6.13. The number of carboxylic acids is 1. The highest BCUT2D eigenvalue weighted by atomic mass is 32.2. The summed E-state index contributed by atoms with van der Waals surface area (Å²) >= 11 is 1.34. The number of rotatable bonds is 7. The zero-order valence-corrected chi connectivity index (χ0v) is 19.9. The van der Waals surface area contributed by atoms with E-state index >= 15 is 0 Å². The molecular weight excluding hydrogens is 422 g/mol. The molecule has 0 aliphatic carbocycles. The van der Waals surface area contributed by atoms with Crippen LogP contribution in [0.2, 0.25) is 0 Å². The molecule has 0 aromatic carbocycles. The van der Waals surface area contributed by atoms with Crippen molar-refractivity contribution in [3.05, 3.63) is 0 Å². The Hall–Kier alpha value is -1.81. The second kappa shape index (κ2) is 10.7. The first-order valence-corrected chi connectivity index (χ1v) is 11.6. The molecule has 2 aliphatic heterocycles. The molecule has 2 rings (SSSR count). The fourth-order valence-electron chi connectivity index (χ4n) is 3.39. The molecule has 31 heavy (non-hydrogen) atoms. The van der Waals surface area contributed by atoms with Crippen LogP contribution >= 0.6 is 11.8 Å². The summed E-state index contributed by atoms with van der Waals surface area (Å²) in [6, 6.07) is -1.80. The van der Waals surface area contributed by atoms with E-state index in [4.69, 9.17) is 9.47 Å². The van der Waals surface area contributed by atoms with Gasteiger partial charge in [0.05, 0.1) is 17.1 Å². The predicted molar refractivity (Wildman–Crippen MR) is 119 cm³/mol. The van der Waals surface area contributed by atoms with Crippen molar-refractivity contribution in [3.8, 4) is 0 Å². The second-order valence-electron chi connectivity index (χ2n) is 9.50. The van der Waals surface area contributed by atoms with Gasteiger partial charge < -0.3 is 19.5 Å². The maximum absolute atomic E-state index is 12.6. The Morgan fingerprint density at radius 1 is 1.19 bits per heavy atom. The maximum Gasteiger partial charge on any atom is 0.331 e. The van der Waals surface area contributed by atoms with E-state index in [0.29, 0.717) is 0 Å². The van der Waals surface area contributed by atoms with Gasteiger partial charge in [0.15, 0.2) is 6.04 Å². The van der Waals surface area contributed by atoms with Gasteiger partial charge in [-0.25, -0.2) is 4.79 Å². The first-order chi connectivity index (χ1) is 14.4. The predicted octanol–water partition coefficient (Wildman–Crippen LogP) is 2.24. The number of esters is 2. The van der Waals surface area contributed by atoms with Crippen molar-refractivity contribution in [2.24, 2.45) is 10.4 Å². The molecule has 0 aromatic rings. The molecule has 2 fully saturated rings. The van der Waals surface area contributed by atoms with Gasteiger partial charge >= 0.3 is 17.9 Å². The van der Waals surface area contributed by atoms with Gasteiger partial charge in [0, 0.05) is 17.8 Å². The van der Waals surface area contributed by atoms with E-state index in [1.165, 1.54) is 24.6 Å². The number of likely N-dealkylation sites (tertiary alicyclic amines) is 1. The van der Waals surface area contributed by atoms with Crippen molar-refractivity contribution in [1.82, 2.24) is 10.2 Å². The molecule has 2 saturated heterocycles. The molecule has 2 aliphatic rings. The van der Waals surface area contributed by atoms with Gasteiger partial charge in [-0.05, 0) is 47.5 Å². The normalized spacial score (nSPS) is 25.1. The molecule has 0 saturated carbocycles. The lowest BCUT2D eigenvalue weighted by atomic mass is 9.98. The largest absolute Gasteiger partial charge is 0.480 e. The lowest BCUT2D eigenvalue weighted by Crippen LogP contribution is -2.48. The number of nitrogens with zero attached hydrogens (tertiary/aromatic N) is 2. The van der Waals surface area contributed by atoms with Gasteiger partial charge in [0.2, 0.25) is 6.79 Å². The first-order valence-electron chi connectivity index (χ1n) is 10.7. The Morgan fingerprint density at radius 2 is 1.81 bits per heavy atom. The minimum Gasteiger partial charge on any atom is -0.480 e. The lowest BCUT2D eigenvalue weighted by molar-refractivity contribution is -0.174. The molecule has 3 atom stereocenters. The fraction of sp³-hybridized carbons (Fsp3) is 0.810. The highest BCUT2D eigenvalue weighted by Crippen LogP contribution is 2.40. The van der Waals surface area contributed by atoms with Gasteiger partial charge in [0.25, 0.3) is 0 Å². The SMILES string of the molecule is CC(C)(C)C(=O)OCOC(=O)[C@@H]1N[C@@H]([C@H](N=CN2CCCCCC2)C(=O)O)SC1(C)C. The van der Waals surface area contributed by atoms with Crippen molar-refractivity contribution in [1.29, 1.82) is 0 Å². The van der Waals surface area contributed by atoms with E-state index in [1.807, 2.05) is 13.8 Å². The van der Waals surface area contributed by atoms with E-state index in [2.05, 4.69) is 15.2 Å². The molecular formula is C21H35N3O6S. The number of hydrogen-bond acceptors (Lipinski definition) is 8. The maximum atomic E-state index is 12.6. The standard InChI is InChI=1S/C21H35N3O6S/c1-20(2,3)19(28)30-13-29-18(27)15-21(4,5)31-16(23-15)14(17(25)26)22-12-24-10-8-6-7-9-11-24/h12,14-16,23H,6-11,13H2,1-5H3,(H,25,26)/t14-,15-,16+/m0/s1. The lowest BCUT2D eigenvalue weighted by Gasteiger charge is -2.23. The number of carboxylic acid groups (broad SMARTS) is 1. The quantitative estimate of drug-likeness (QED) is 0.257. The van der Waals surface area contributed by atoms with Crippen LogP contribution in [0, 0.1) is 5.41 Å².